The molecule has 0 bridgehead atoms. The van der Waals surface area contributed by atoms with Crippen LogP contribution >= 0.6 is 0 Å². The van der Waals surface area contributed by atoms with Gasteiger partial charge in [-0.3, -0.25) is 4.79 Å². The first-order valence-corrected chi connectivity index (χ1v) is 7.91. The topological polar surface area (TPSA) is 26.3 Å². The fourth-order valence-corrected chi connectivity index (χ4v) is 2.62. The summed E-state index contributed by atoms with van der Waals surface area (Å²) in [5.41, 5.74) is 3.23. The van der Waals surface area contributed by atoms with Gasteiger partial charge < -0.3 is 4.74 Å². The minimum absolute atomic E-state index is 0.0874. The zero-order valence-electron chi connectivity index (χ0n) is 13.6. The molecule has 0 heterocycles. The first-order valence-electron chi connectivity index (χ1n) is 7.91. The van der Waals surface area contributed by atoms with E-state index in [0.717, 1.165) is 17.4 Å². The van der Waals surface area contributed by atoms with E-state index in [-0.39, 0.29) is 17.9 Å². The molecule has 0 fully saturated rings. The number of hydrogen-bond donors (Lipinski definition) is 0. The van der Waals surface area contributed by atoms with E-state index in [2.05, 4.69) is 0 Å². The Bertz CT molecular complexity index is 885. The Morgan fingerprint density at radius 1 is 0.800 bits per heavy atom. The number of aldehydes is 1. The van der Waals surface area contributed by atoms with E-state index in [1.165, 1.54) is 12.1 Å². The maximum atomic E-state index is 14.3. The Labute approximate surface area is 144 Å². The molecule has 3 aromatic carbocycles. The molecule has 126 valence electrons. The van der Waals surface area contributed by atoms with Gasteiger partial charge >= 0.3 is 0 Å². The van der Waals surface area contributed by atoms with Crippen molar-refractivity contribution in [3.63, 3.8) is 0 Å². The molecule has 0 unspecified atom stereocenters. The number of benzene rings is 3. The van der Waals surface area contributed by atoms with Crippen LogP contribution in [-0.2, 0) is 0 Å². The van der Waals surface area contributed by atoms with Crippen LogP contribution in [0.4, 0.5) is 8.78 Å². The lowest BCUT2D eigenvalue weighted by molar-refractivity contribution is 0.112. The first kappa shape index (κ1) is 16.8. The van der Waals surface area contributed by atoms with Crippen LogP contribution in [0.5, 0.6) is 5.75 Å². The Kier molecular flexibility index (Phi) is 4.89. The zero-order chi connectivity index (χ0) is 17.8. The second-order valence-corrected chi connectivity index (χ2v) is 5.49. The minimum atomic E-state index is -0.979. The molecule has 25 heavy (non-hydrogen) atoms. The number of carbonyl (C=O) groups is 1. The van der Waals surface area contributed by atoms with Crippen molar-refractivity contribution in [2.45, 2.75) is 6.92 Å². The van der Waals surface area contributed by atoms with Gasteiger partial charge in [-0.1, -0.05) is 48.5 Å². The lowest BCUT2D eigenvalue weighted by Gasteiger charge is -2.10. The Balaban J connectivity index is 1.92. The lowest BCUT2D eigenvalue weighted by Crippen LogP contribution is -1.98. The van der Waals surface area contributed by atoms with Crippen molar-refractivity contribution in [3.8, 4) is 28.0 Å². The molecule has 0 aromatic heterocycles. The summed E-state index contributed by atoms with van der Waals surface area (Å²) in [5, 5.41) is 0. The highest BCUT2D eigenvalue weighted by Crippen LogP contribution is 2.31. The summed E-state index contributed by atoms with van der Waals surface area (Å²) in [6, 6.07) is 17.2. The van der Waals surface area contributed by atoms with Gasteiger partial charge in [0.25, 0.3) is 0 Å². The van der Waals surface area contributed by atoms with Crippen molar-refractivity contribution in [2.75, 3.05) is 6.61 Å². The molecule has 0 aliphatic heterocycles. The molecule has 0 aliphatic rings. The van der Waals surface area contributed by atoms with Crippen LogP contribution in [0.15, 0.2) is 60.7 Å². The SMILES string of the molecule is CCOc1ccc(-c2ccc(-c3ccc(C=O)cc3)cc2)c(F)c1F. The summed E-state index contributed by atoms with van der Waals surface area (Å²) in [5.74, 6) is -1.99. The van der Waals surface area contributed by atoms with Crippen molar-refractivity contribution in [1.82, 2.24) is 0 Å². The number of ether oxygens (including phenoxy) is 1. The zero-order valence-corrected chi connectivity index (χ0v) is 13.6. The van der Waals surface area contributed by atoms with Gasteiger partial charge in [0.05, 0.1) is 6.61 Å². The largest absolute Gasteiger partial charge is 0.491 e. The van der Waals surface area contributed by atoms with Crippen LogP contribution in [0.2, 0.25) is 0 Å². The number of hydrogen-bond acceptors (Lipinski definition) is 2. The van der Waals surface area contributed by atoms with E-state index in [9.17, 15) is 13.6 Å². The molecule has 0 atom stereocenters. The van der Waals surface area contributed by atoms with Crippen LogP contribution in [0.1, 0.15) is 17.3 Å². The predicted octanol–water partition coefficient (Wildman–Crippen LogP) is 5.51. The van der Waals surface area contributed by atoms with Crippen LogP contribution < -0.4 is 4.74 Å². The minimum Gasteiger partial charge on any atom is -0.491 e. The maximum Gasteiger partial charge on any atom is 0.201 e. The number of halogens is 2. The monoisotopic (exact) mass is 338 g/mol. The van der Waals surface area contributed by atoms with E-state index in [1.807, 2.05) is 24.3 Å². The van der Waals surface area contributed by atoms with E-state index < -0.39 is 11.6 Å². The highest BCUT2D eigenvalue weighted by molar-refractivity contribution is 5.77. The van der Waals surface area contributed by atoms with Crippen molar-refractivity contribution in [2.24, 2.45) is 0 Å². The molecule has 0 N–H and O–H groups in total. The summed E-state index contributed by atoms with van der Waals surface area (Å²) in [7, 11) is 0. The van der Waals surface area contributed by atoms with Crippen LogP contribution in [-0.4, -0.2) is 12.9 Å². The lowest BCUT2D eigenvalue weighted by atomic mass is 9.99. The van der Waals surface area contributed by atoms with E-state index in [1.54, 1.807) is 31.2 Å². The van der Waals surface area contributed by atoms with Crippen molar-refractivity contribution in [3.05, 3.63) is 77.9 Å². The quantitative estimate of drug-likeness (QED) is 0.573. The summed E-state index contributed by atoms with van der Waals surface area (Å²) in [6.45, 7) is 1.99. The fourth-order valence-electron chi connectivity index (χ4n) is 2.62. The van der Waals surface area contributed by atoms with Crippen LogP contribution in [0.25, 0.3) is 22.3 Å². The molecule has 4 heteroatoms. The normalized spacial score (nSPS) is 10.5. The molecule has 3 aromatic rings. The highest BCUT2D eigenvalue weighted by Gasteiger charge is 2.15. The maximum absolute atomic E-state index is 14.3. The second kappa shape index (κ2) is 7.26. The van der Waals surface area contributed by atoms with E-state index in [4.69, 9.17) is 4.74 Å². The standard InChI is InChI=1S/C21H16F2O2/c1-2-25-19-12-11-18(20(22)21(19)23)17-9-7-16(8-10-17)15-5-3-14(13-24)4-6-15/h3-13H,2H2,1H3. The molecule has 0 saturated carbocycles. The average Bonchev–Trinajstić information content (AvgIpc) is 2.66. The third-order valence-corrected chi connectivity index (χ3v) is 3.92. The van der Waals surface area contributed by atoms with Crippen LogP contribution in [0, 0.1) is 11.6 Å². The molecule has 0 aliphatic carbocycles. The van der Waals surface area contributed by atoms with E-state index in [0.29, 0.717) is 11.1 Å². The molecule has 0 spiro atoms. The molecular formula is C21H16F2O2. The van der Waals surface area contributed by atoms with Gasteiger partial charge in [-0.25, -0.2) is 4.39 Å². The van der Waals surface area contributed by atoms with Crippen molar-refractivity contribution >= 4 is 6.29 Å². The molecule has 2 nitrogen and oxygen atoms in total. The number of rotatable bonds is 5. The number of carbonyl (C=O) groups excluding carboxylic acids is 1. The molecular weight excluding hydrogens is 322 g/mol. The van der Waals surface area contributed by atoms with Gasteiger partial charge in [0, 0.05) is 11.1 Å². The second-order valence-electron chi connectivity index (χ2n) is 5.49. The van der Waals surface area contributed by atoms with Crippen LogP contribution in [0.3, 0.4) is 0 Å². The van der Waals surface area contributed by atoms with Crippen molar-refractivity contribution in [1.29, 1.82) is 0 Å². The van der Waals surface area contributed by atoms with Gasteiger partial charge in [-0.2, -0.15) is 4.39 Å². The Hall–Kier alpha value is -3.01. The summed E-state index contributed by atoms with van der Waals surface area (Å²) in [6.07, 6.45) is 0.788. The van der Waals surface area contributed by atoms with E-state index >= 15 is 0 Å². The third kappa shape index (κ3) is 3.43. The smallest absolute Gasteiger partial charge is 0.201 e. The summed E-state index contributed by atoms with van der Waals surface area (Å²) < 4.78 is 33.4. The van der Waals surface area contributed by atoms with Crippen molar-refractivity contribution < 1.29 is 18.3 Å². The van der Waals surface area contributed by atoms with Gasteiger partial charge in [0.2, 0.25) is 5.82 Å². The predicted molar refractivity (Wildman–Crippen MR) is 93.8 cm³/mol. The molecule has 0 radical (unpaired) electrons. The fraction of sp³-hybridized carbons (Fsp3) is 0.0952. The van der Waals surface area contributed by atoms with Gasteiger partial charge in [-0.15, -0.1) is 0 Å². The molecule has 0 saturated heterocycles. The third-order valence-electron chi connectivity index (χ3n) is 3.92. The highest BCUT2D eigenvalue weighted by atomic mass is 19.2. The summed E-state index contributed by atoms with van der Waals surface area (Å²) in [4.78, 5) is 10.7. The Morgan fingerprint density at radius 2 is 1.36 bits per heavy atom. The molecule has 3 rings (SSSR count). The van der Waals surface area contributed by atoms with Gasteiger partial charge in [0.15, 0.2) is 11.6 Å². The first-order chi connectivity index (χ1) is 12.1. The van der Waals surface area contributed by atoms with Gasteiger partial charge in [0.1, 0.15) is 6.29 Å². The Morgan fingerprint density at radius 3 is 1.92 bits per heavy atom. The molecule has 0 amide bonds. The summed E-state index contributed by atoms with van der Waals surface area (Å²) >= 11 is 0. The van der Waals surface area contributed by atoms with Gasteiger partial charge in [-0.05, 0) is 35.7 Å². The average molecular weight is 338 g/mol.